The van der Waals surface area contributed by atoms with Crippen LogP contribution in [0.25, 0.3) is 11.4 Å². The number of aromatic amines is 1. The number of nitro benzene ring substituents is 1. The lowest BCUT2D eigenvalue weighted by molar-refractivity contribution is -0.388. The summed E-state index contributed by atoms with van der Waals surface area (Å²) in [5, 5.41) is 24.5. The third-order valence-electron chi connectivity index (χ3n) is 2.49. The molecule has 0 fully saturated rings. The maximum absolute atomic E-state index is 13.2. The van der Waals surface area contributed by atoms with E-state index in [9.17, 15) is 28.1 Å². The second-order valence-corrected chi connectivity index (χ2v) is 3.86. The van der Waals surface area contributed by atoms with Crippen LogP contribution in [0.1, 0.15) is 5.56 Å². The number of carbonyl (C=O) groups excluding carboxylic acids is 1. The van der Waals surface area contributed by atoms with Gasteiger partial charge in [-0.15, -0.1) is 10.2 Å². The number of anilines is 1. The van der Waals surface area contributed by atoms with Crippen molar-refractivity contribution in [3.63, 3.8) is 0 Å². The SMILES string of the molecule is NC(=O)Nc1ccc([N+](=O)[O-])c(C(F)(F)F)c1-c1nn[nH]n1. The van der Waals surface area contributed by atoms with Crippen LogP contribution in [-0.4, -0.2) is 31.6 Å². The summed E-state index contributed by atoms with van der Waals surface area (Å²) in [7, 11) is 0. The van der Waals surface area contributed by atoms with Crippen molar-refractivity contribution >= 4 is 17.4 Å². The van der Waals surface area contributed by atoms with E-state index >= 15 is 0 Å². The van der Waals surface area contributed by atoms with Crippen LogP contribution in [0.3, 0.4) is 0 Å². The molecule has 0 aliphatic rings. The number of hydrogen-bond donors (Lipinski definition) is 3. The van der Waals surface area contributed by atoms with E-state index in [1.165, 1.54) is 0 Å². The lowest BCUT2D eigenvalue weighted by atomic mass is 10.0. The first kappa shape index (κ1) is 15.1. The number of primary amides is 1. The molecule has 4 N–H and O–H groups in total. The minimum atomic E-state index is -5.10. The number of nitrogens with zero attached hydrogens (tertiary/aromatic N) is 4. The number of H-pyrrole nitrogens is 1. The molecule has 0 saturated heterocycles. The van der Waals surface area contributed by atoms with E-state index in [4.69, 9.17) is 5.73 Å². The number of halogens is 3. The molecule has 0 saturated carbocycles. The quantitative estimate of drug-likeness (QED) is 0.572. The normalized spacial score (nSPS) is 11.2. The van der Waals surface area contributed by atoms with Crippen molar-refractivity contribution < 1.29 is 22.9 Å². The first-order chi connectivity index (χ1) is 10.2. The van der Waals surface area contributed by atoms with E-state index in [0.717, 1.165) is 6.07 Å². The highest BCUT2D eigenvalue weighted by Crippen LogP contribution is 2.45. The van der Waals surface area contributed by atoms with Crippen molar-refractivity contribution in [3.05, 3.63) is 27.8 Å². The number of alkyl halides is 3. The molecule has 0 aliphatic carbocycles. The predicted molar refractivity (Wildman–Crippen MR) is 64.5 cm³/mol. The van der Waals surface area contributed by atoms with Gasteiger partial charge in [0.2, 0.25) is 5.82 Å². The van der Waals surface area contributed by atoms with Gasteiger partial charge in [0, 0.05) is 6.07 Å². The molecular formula is C9H6F3N7O3. The molecule has 2 aromatic rings. The lowest BCUT2D eigenvalue weighted by Crippen LogP contribution is -2.21. The molecule has 0 unspecified atom stereocenters. The molecular weight excluding hydrogens is 311 g/mol. The third kappa shape index (κ3) is 2.77. The van der Waals surface area contributed by atoms with Crippen molar-refractivity contribution in [2.24, 2.45) is 5.73 Å². The zero-order valence-corrected chi connectivity index (χ0v) is 10.4. The van der Waals surface area contributed by atoms with Gasteiger partial charge in [0.25, 0.3) is 5.69 Å². The summed E-state index contributed by atoms with van der Waals surface area (Å²) in [6.07, 6.45) is -5.10. The lowest BCUT2D eigenvalue weighted by Gasteiger charge is -2.14. The Bertz CT molecular complexity index is 729. The molecule has 2 amide bonds. The van der Waals surface area contributed by atoms with Gasteiger partial charge in [0.15, 0.2) is 0 Å². The molecule has 2 rings (SSSR count). The molecule has 116 valence electrons. The molecule has 1 aromatic carbocycles. The Labute approximate surface area is 118 Å². The van der Waals surface area contributed by atoms with Gasteiger partial charge in [-0.3, -0.25) is 10.1 Å². The summed E-state index contributed by atoms with van der Waals surface area (Å²) >= 11 is 0. The Kier molecular flexibility index (Phi) is 3.63. The Balaban J connectivity index is 2.85. The van der Waals surface area contributed by atoms with Crippen LogP contribution in [-0.2, 0) is 6.18 Å². The van der Waals surface area contributed by atoms with E-state index in [1.54, 1.807) is 0 Å². The number of nitrogens with two attached hydrogens (primary N) is 1. The Morgan fingerprint density at radius 1 is 1.41 bits per heavy atom. The molecule has 10 nitrogen and oxygen atoms in total. The van der Waals surface area contributed by atoms with E-state index < -0.39 is 45.5 Å². The largest absolute Gasteiger partial charge is 0.423 e. The van der Waals surface area contributed by atoms with Gasteiger partial charge in [0.05, 0.1) is 16.2 Å². The predicted octanol–water partition coefficient (Wildman–Crippen LogP) is 1.28. The van der Waals surface area contributed by atoms with Gasteiger partial charge in [-0.1, -0.05) is 0 Å². The van der Waals surface area contributed by atoms with Crippen LogP contribution >= 0.6 is 0 Å². The Morgan fingerprint density at radius 2 is 2.09 bits per heavy atom. The average molecular weight is 317 g/mol. The topological polar surface area (TPSA) is 153 Å². The molecule has 1 heterocycles. The number of aromatic nitrogens is 4. The van der Waals surface area contributed by atoms with Gasteiger partial charge in [-0.25, -0.2) is 4.79 Å². The summed E-state index contributed by atoms with van der Waals surface area (Å²) in [6, 6.07) is 0.327. The van der Waals surface area contributed by atoms with E-state index in [0.29, 0.717) is 6.07 Å². The van der Waals surface area contributed by atoms with Crippen molar-refractivity contribution in [2.75, 3.05) is 5.32 Å². The maximum Gasteiger partial charge on any atom is 0.423 e. The first-order valence-electron chi connectivity index (χ1n) is 5.40. The number of amides is 2. The number of urea groups is 1. The summed E-state index contributed by atoms with van der Waals surface area (Å²) in [4.78, 5) is 20.5. The minimum absolute atomic E-state index is 0.438. The highest BCUT2D eigenvalue weighted by atomic mass is 19.4. The van der Waals surface area contributed by atoms with Gasteiger partial charge in [0.1, 0.15) is 5.56 Å². The maximum atomic E-state index is 13.2. The molecule has 0 atom stereocenters. The van der Waals surface area contributed by atoms with Crippen molar-refractivity contribution in [1.82, 2.24) is 20.6 Å². The third-order valence-corrected chi connectivity index (χ3v) is 2.49. The summed E-state index contributed by atoms with van der Waals surface area (Å²) in [6.45, 7) is 0. The van der Waals surface area contributed by atoms with E-state index in [1.807, 2.05) is 10.5 Å². The van der Waals surface area contributed by atoms with Crippen molar-refractivity contribution in [1.29, 1.82) is 0 Å². The average Bonchev–Trinajstić information content (AvgIpc) is 2.89. The van der Waals surface area contributed by atoms with Crippen LogP contribution in [0.5, 0.6) is 0 Å². The molecule has 1 aromatic heterocycles. The minimum Gasteiger partial charge on any atom is -0.351 e. The van der Waals surface area contributed by atoms with E-state index in [2.05, 4.69) is 15.4 Å². The molecule has 0 radical (unpaired) electrons. The van der Waals surface area contributed by atoms with E-state index in [-0.39, 0.29) is 0 Å². The highest BCUT2D eigenvalue weighted by molar-refractivity contribution is 5.94. The van der Waals surface area contributed by atoms with Gasteiger partial charge >= 0.3 is 12.2 Å². The number of tetrazole rings is 1. The van der Waals surface area contributed by atoms with Crippen LogP contribution in [0.15, 0.2) is 12.1 Å². The molecule has 22 heavy (non-hydrogen) atoms. The second-order valence-electron chi connectivity index (χ2n) is 3.86. The number of rotatable bonds is 3. The van der Waals surface area contributed by atoms with Crippen molar-refractivity contribution in [3.8, 4) is 11.4 Å². The Morgan fingerprint density at radius 3 is 2.55 bits per heavy atom. The van der Waals surface area contributed by atoms with Gasteiger partial charge in [-0.2, -0.15) is 18.4 Å². The fraction of sp³-hybridized carbons (Fsp3) is 0.111. The number of nitrogens with one attached hydrogen (secondary N) is 2. The molecule has 0 bridgehead atoms. The zero-order chi connectivity index (χ0) is 16.5. The highest BCUT2D eigenvalue weighted by Gasteiger charge is 2.43. The smallest absolute Gasteiger partial charge is 0.351 e. The number of carbonyl (C=O) groups is 1. The summed E-state index contributed by atoms with van der Waals surface area (Å²) < 4.78 is 39.7. The zero-order valence-electron chi connectivity index (χ0n) is 10.4. The standard InChI is InChI=1S/C9H6F3N7O3/c10-9(11,12)6-4(19(21)22)2-1-3(14-8(13)20)5(6)7-15-17-18-16-7/h1-2H,(H3,13,14,20)(H,15,16,17,18). The fourth-order valence-electron chi connectivity index (χ4n) is 1.77. The van der Waals surface area contributed by atoms with Crippen molar-refractivity contribution in [2.45, 2.75) is 6.18 Å². The Hall–Kier alpha value is -3.25. The molecule has 13 heteroatoms. The van der Waals surface area contributed by atoms with Crippen LogP contribution in [0.4, 0.5) is 29.3 Å². The summed E-state index contributed by atoms with van der Waals surface area (Å²) in [5.41, 5.74) is 0.785. The molecule has 0 aliphatic heterocycles. The number of benzene rings is 1. The number of hydrogen-bond acceptors (Lipinski definition) is 6. The monoisotopic (exact) mass is 317 g/mol. The molecule has 0 spiro atoms. The van der Waals surface area contributed by atoms with Gasteiger partial charge in [-0.05, 0) is 11.3 Å². The second kappa shape index (κ2) is 5.27. The summed E-state index contributed by atoms with van der Waals surface area (Å²) in [5.74, 6) is -0.584. The van der Waals surface area contributed by atoms with Gasteiger partial charge < -0.3 is 11.1 Å². The fourth-order valence-corrected chi connectivity index (χ4v) is 1.77. The van der Waals surface area contributed by atoms with Crippen LogP contribution in [0.2, 0.25) is 0 Å². The number of nitro groups is 1. The van der Waals surface area contributed by atoms with Crippen LogP contribution in [0, 0.1) is 10.1 Å². The van der Waals surface area contributed by atoms with Crippen LogP contribution < -0.4 is 11.1 Å². The first-order valence-corrected chi connectivity index (χ1v) is 5.40.